The third kappa shape index (κ3) is 2.47. The number of morpholine rings is 1. The molecule has 1 amide bonds. The first-order valence-electron chi connectivity index (χ1n) is 6.77. The lowest BCUT2D eigenvalue weighted by Crippen LogP contribution is -2.53. The van der Waals surface area contributed by atoms with Crippen LogP contribution in [-0.4, -0.2) is 42.6 Å². The number of carbonyl (C=O) groups excluding carboxylic acids is 1. The molecule has 0 aromatic carbocycles. The van der Waals surface area contributed by atoms with E-state index in [-0.39, 0.29) is 18.1 Å². The number of amides is 1. The molecular formula is C13H24N2O2. The Balaban J connectivity index is 2.03. The molecule has 98 valence electrons. The highest BCUT2D eigenvalue weighted by atomic mass is 16.5. The molecule has 1 aliphatic carbocycles. The van der Waals surface area contributed by atoms with Crippen LogP contribution in [0.15, 0.2) is 0 Å². The largest absolute Gasteiger partial charge is 0.375 e. The van der Waals surface area contributed by atoms with Crippen molar-refractivity contribution in [2.24, 2.45) is 17.6 Å². The van der Waals surface area contributed by atoms with E-state index in [1.165, 1.54) is 0 Å². The highest BCUT2D eigenvalue weighted by Crippen LogP contribution is 2.33. The van der Waals surface area contributed by atoms with Crippen LogP contribution in [0, 0.1) is 11.8 Å². The molecule has 2 unspecified atom stereocenters. The van der Waals surface area contributed by atoms with E-state index in [1.54, 1.807) is 0 Å². The van der Waals surface area contributed by atoms with Gasteiger partial charge in [-0.1, -0.05) is 6.42 Å². The van der Waals surface area contributed by atoms with Gasteiger partial charge in [-0.05, 0) is 39.2 Å². The smallest absolute Gasteiger partial charge is 0.226 e. The molecule has 2 N–H and O–H groups in total. The van der Waals surface area contributed by atoms with E-state index in [9.17, 15) is 4.79 Å². The minimum absolute atomic E-state index is 0.144. The lowest BCUT2D eigenvalue weighted by molar-refractivity contribution is -0.149. The van der Waals surface area contributed by atoms with Gasteiger partial charge in [0.15, 0.2) is 0 Å². The van der Waals surface area contributed by atoms with E-state index >= 15 is 0 Å². The number of rotatable bonds is 2. The molecule has 1 heterocycles. The van der Waals surface area contributed by atoms with Gasteiger partial charge in [-0.2, -0.15) is 0 Å². The minimum atomic E-state index is 0.144. The summed E-state index contributed by atoms with van der Waals surface area (Å²) in [6.07, 6.45) is 3.41. The SMILES string of the molecule is CC1OCCN(C(=O)[C@@H]2CCC[C@@H]2CN)C1C. The Labute approximate surface area is 103 Å². The summed E-state index contributed by atoms with van der Waals surface area (Å²) in [6.45, 7) is 6.16. The van der Waals surface area contributed by atoms with Crippen molar-refractivity contribution in [3.63, 3.8) is 0 Å². The second-order valence-electron chi connectivity index (χ2n) is 5.38. The van der Waals surface area contributed by atoms with Crippen LogP contribution >= 0.6 is 0 Å². The first-order chi connectivity index (χ1) is 8.15. The summed E-state index contributed by atoms with van der Waals surface area (Å²) in [5, 5.41) is 0. The van der Waals surface area contributed by atoms with Crippen molar-refractivity contribution in [1.82, 2.24) is 4.90 Å². The van der Waals surface area contributed by atoms with Gasteiger partial charge in [0, 0.05) is 12.5 Å². The summed E-state index contributed by atoms with van der Waals surface area (Å²) in [4.78, 5) is 14.5. The molecule has 0 radical (unpaired) electrons. The van der Waals surface area contributed by atoms with E-state index in [4.69, 9.17) is 10.5 Å². The number of carbonyl (C=O) groups is 1. The maximum Gasteiger partial charge on any atom is 0.226 e. The van der Waals surface area contributed by atoms with Crippen molar-refractivity contribution >= 4 is 5.91 Å². The molecular weight excluding hydrogens is 216 g/mol. The van der Waals surface area contributed by atoms with Crippen LogP contribution in [0.4, 0.5) is 0 Å². The number of nitrogens with zero attached hydrogens (tertiary/aromatic N) is 1. The van der Waals surface area contributed by atoms with Crippen LogP contribution < -0.4 is 5.73 Å². The summed E-state index contributed by atoms with van der Waals surface area (Å²) in [5.74, 6) is 0.862. The molecule has 4 atom stereocenters. The molecule has 0 aromatic rings. The summed E-state index contributed by atoms with van der Waals surface area (Å²) in [7, 11) is 0. The highest BCUT2D eigenvalue weighted by Gasteiger charge is 2.38. The standard InChI is InChI=1S/C13H24N2O2/c1-9-10(2)17-7-6-15(9)13(16)12-5-3-4-11(12)8-14/h9-12H,3-8,14H2,1-2H3/t9?,10?,11-,12-/m1/s1. The van der Waals surface area contributed by atoms with E-state index in [0.717, 1.165) is 25.8 Å². The second kappa shape index (κ2) is 5.36. The zero-order chi connectivity index (χ0) is 12.4. The molecule has 1 saturated carbocycles. The van der Waals surface area contributed by atoms with Gasteiger partial charge in [-0.15, -0.1) is 0 Å². The normalized spacial score (nSPS) is 38.4. The average molecular weight is 240 g/mol. The Morgan fingerprint density at radius 2 is 2.18 bits per heavy atom. The summed E-state index contributed by atoms with van der Waals surface area (Å²) < 4.78 is 5.57. The predicted molar refractivity (Wildman–Crippen MR) is 66.5 cm³/mol. The monoisotopic (exact) mass is 240 g/mol. The van der Waals surface area contributed by atoms with Crippen molar-refractivity contribution in [3.05, 3.63) is 0 Å². The summed E-state index contributed by atoms with van der Waals surface area (Å²) in [6, 6.07) is 0.190. The first-order valence-corrected chi connectivity index (χ1v) is 6.77. The van der Waals surface area contributed by atoms with Gasteiger partial charge in [0.05, 0.1) is 18.8 Å². The van der Waals surface area contributed by atoms with Gasteiger partial charge in [0.1, 0.15) is 0 Å². The van der Waals surface area contributed by atoms with E-state index in [0.29, 0.717) is 25.0 Å². The van der Waals surface area contributed by atoms with Crippen molar-refractivity contribution < 1.29 is 9.53 Å². The quantitative estimate of drug-likeness (QED) is 0.783. The van der Waals surface area contributed by atoms with Crippen LogP contribution in [-0.2, 0) is 9.53 Å². The zero-order valence-electron chi connectivity index (χ0n) is 10.9. The van der Waals surface area contributed by atoms with Crippen LogP contribution in [0.2, 0.25) is 0 Å². The van der Waals surface area contributed by atoms with Gasteiger partial charge in [0.25, 0.3) is 0 Å². The third-order valence-electron chi connectivity index (χ3n) is 4.45. The number of hydrogen-bond donors (Lipinski definition) is 1. The Morgan fingerprint density at radius 1 is 1.41 bits per heavy atom. The lowest BCUT2D eigenvalue weighted by atomic mass is 9.93. The molecule has 0 bridgehead atoms. The fraction of sp³-hybridized carbons (Fsp3) is 0.923. The molecule has 2 rings (SSSR count). The maximum atomic E-state index is 12.5. The van der Waals surface area contributed by atoms with Crippen LogP contribution in [0.1, 0.15) is 33.1 Å². The van der Waals surface area contributed by atoms with Gasteiger partial charge >= 0.3 is 0 Å². The number of nitrogens with two attached hydrogens (primary N) is 1. The van der Waals surface area contributed by atoms with Crippen LogP contribution in [0.3, 0.4) is 0 Å². The maximum absolute atomic E-state index is 12.5. The minimum Gasteiger partial charge on any atom is -0.375 e. The van der Waals surface area contributed by atoms with Gasteiger partial charge in [-0.25, -0.2) is 0 Å². The van der Waals surface area contributed by atoms with Crippen molar-refractivity contribution in [2.45, 2.75) is 45.3 Å². The second-order valence-corrected chi connectivity index (χ2v) is 5.38. The average Bonchev–Trinajstić information content (AvgIpc) is 2.80. The molecule has 2 fully saturated rings. The molecule has 0 aromatic heterocycles. The van der Waals surface area contributed by atoms with Crippen LogP contribution in [0.25, 0.3) is 0 Å². The first kappa shape index (κ1) is 12.8. The fourth-order valence-corrected chi connectivity index (χ4v) is 3.10. The van der Waals surface area contributed by atoms with Crippen molar-refractivity contribution in [1.29, 1.82) is 0 Å². The predicted octanol–water partition coefficient (Wildman–Crippen LogP) is 0.997. The van der Waals surface area contributed by atoms with Gasteiger partial charge in [0.2, 0.25) is 5.91 Å². The van der Waals surface area contributed by atoms with Crippen molar-refractivity contribution in [3.8, 4) is 0 Å². The third-order valence-corrected chi connectivity index (χ3v) is 4.45. The molecule has 1 aliphatic heterocycles. The molecule has 4 heteroatoms. The Kier molecular flexibility index (Phi) is 4.05. The molecule has 1 saturated heterocycles. The zero-order valence-corrected chi connectivity index (χ0v) is 10.9. The summed E-state index contributed by atoms with van der Waals surface area (Å²) >= 11 is 0. The molecule has 2 aliphatic rings. The van der Waals surface area contributed by atoms with E-state index < -0.39 is 0 Å². The lowest BCUT2D eigenvalue weighted by Gasteiger charge is -2.39. The molecule has 0 spiro atoms. The Hall–Kier alpha value is -0.610. The highest BCUT2D eigenvalue weighted by molar-refractivity contribution is 5.80. The van der Waals surface area contributed by atoms with Gasteiger partial charge < -0.3 is 15.4 Å². The van der Waals surface area contributed by atoms with Crippen molar-refractivity contribution in [2.75, 3.05) is 19.7 Å². The van der Waals surface area contributed by atoms with Gasteiger partial charge in [-0.3, -0.25) is 4.79 Å². The Bertz CT molecular complexity index is 283. The molecule has 17 heavy (non-hydrogen) atoms. The fourth-order valence-electron chi connectivity index (χ4n) is 3.10. The molecule has 4 nitrogen and oxygen atoms in total. The van der Waals surface area contributed by atoms with E-state index in [1.807, 2.05) is 11.8 Å². The number of hydrogen-bond acceptors (Lipinski definition) is 3. The number of ether oxygens (including phenoxy) is 1. The Morgan fingerprint density at radius 3 is 2.88 bits per heavy atom. The van der Waals surface area contributed by atoms with E-state index in [2.05, 4.69) is 6.92 Å². The summed E-state index contributed by atoms with van der Waals surface area (Å²) in [5.41, 5.74) is 5.76. The topological polar surface area (TPSA) is 55.6 Å². The van der Waals surface area contributed by atoms with Crippen LogP contribution in [0.5, 0.6) is 0 Å².